The average Bonchev–Trinajstić information content (AvgIpc) is 3.43. The molecular weight excluding hydrogens is 448 g/mol. The number of hydrogen-bond acceptors (Lipinski definition) is 5. The minimum atomic E-state index is -4.42. The van der Waals surface area contributed by atoms with Crippen molar-refractivity contribution in [3.05, 3.63) is 83.6 Å². The highest BCUT2D eigenvalue weighted by molar-refractivity contribution is 5.91. The van der Waals surface area contributed by atoms with Gasteiger partial charge in [-0.3, -0.25) is 5.01 Å². The number of alkyl halides is 3. The van der Waals surface area contributed by atoms with E-state index in [9.17, 15) is 17.6 Å². The molecular formula is C24H22F4N6. The van der Waals surface area contributed by atoms with Crippen molar-refractivity contribution in [1.82, 2.24) is 24.4 Å². The molecule has 0 N–H and O–H groups in total. The second kappa shape index (κ2) is 8.58. The number of pyridine rings is 1. The molecule has 0 bridgehead atoms. The first kappa shape index (κ1) is 22.1. The van der Waals surface area contributed by atoms with Crippen LogP contribution in [-0.4, -0.2) is 43.5 Å². The number of nitrogens with zero attached hydrogens (tertiary/aromatic N) is 6. The zero-order chi connectivity index (χ0) is 23.9. The molecule has 2 aromatic heterocycles. The van der Waals surface area contributed by atoms with Crippen LogP contribution in [0.1, 0.15) is 41.3 Å². The largest absolute Gasteiger partial charge is 0.416 e. The molecule has 6 nitrogen and oxygen atoms in total. The number of benzene rings is 1. The molecule has 34 heavy (non-hydrogen) atoms. The highest BCUT2D eigenvalue weighted by atomic mass is 19.4. The Morgan fingerprint density at radius 3 is 2.68 bits per heavy atom. The average molecular weight is 470 g/mol. The van der Waals surface area contributed by atoms with E-state index < -0.39 is 23.6 Å². The number of fused-ring (bicyclic) bond motifs is 1. The fraction of sp³-hybridized carbons (Fsp3) is 0.292. The normalized spacial score (nSPS) is 18.5. The zero-order valence-electron chi connectivity index (χ0n) is 18.4. The maximum Gasteiger partial charge on any atom is 0.416 e. The molecule has 176 valence electrons. The fourth-order valence-electron chi connectivity index (χ4n) is 4.44. The zero-order valence-corrected chi connectivity index (χ0v) is 18.4. The number of aryl methyl sites for hydroxylation is 1. The van der Waals surface area contributed by atoms with Crippen molar-refractivity contribution >= 4 is 11.9 Å². The van der Waals surface area contributed by atoms with Gasteiger partial charge in [-0.25, -0.2) is 9.97 Å². The molecule has 0 aliphatic carbocycles. The molecule has 4 heterocycles. The summed E-state index contributed by atoms with van der Waals surface area (Å²) >= 11 is 0. The maximum absolute atomic E-state index is 14.5. The topological polar surface area (TPSA) is 49.5 Å². The van der Waals surface area contributed by atoms with Crippen LogP contribution in [-0.2, 0) is 6.18 Å². The number of amidine groups is 1. The summed E-state index contributed by atoms with van der Waals surface area (Å²) in [7, 11) is 0. The number of hydrogen-bond donors (Lipinski definition) is 0. The highest BCUT2D eigenvalue weighted by Gasteiger charge is 2.39. The molecule has 1 aromatic carbocycles. The fourth-order valence-corrected chi connectivity index (χ4v) is 4.44. The van der Waals surface area contributed by atoms with Crippen molar-refractivity contribution in [1.29, 1.82) is 0 Å². The first-order valence-electron chi connectivity index (χ1n) is 10.9. The van der Waals surface area contributed by atoms with Gasteiger partial charge in [0.2, 0.25) is 5.95 Å². The SMILES string of the molecule is Cc1cn(-c2ccc(/C=C/N3CN4CCCC(c5ccccc5C(F)(F)F)C4=N3)nc2F)cn1. The summed E-state index contributed by atoms with van der Waals surface area (Å²) in [5.41, 5.74) is 1.10. The summed E-state index contributed by atoms with van der Waals surface area (Å²) in [5, 5.41) is 6.23. The number of halogens is 4. The summed E-state index contributed by atoms with van der Waals surface area (Å²) in [5.74, 6) is -0.440. The third kappa shape index (κ3) is 4.27. The summed E-state index contributed by atoms with van der Waals surface area (Å²) in [6.45, 7) is 2.96. The summed E-state index contributed by atoms with van der Waals surface area (Å²) in [6, 6.07) is 9.00. The molecule has 0 spiro atoms. The van der Waals surface area contributed by atoms with Crippen LogP contribution in [0.5, 0.6) is 0 Å². The molecule has 1 atom stereocenters. The first-order valence-corrected chi connectivity index (χ1v) is 10.9. The molecule has 5 rings (SSSR count). The summed E-state index contributed by atoms with van der Waals surface area (Å²) in [6.07, 6.45) is 3.48. The molecule has 2 aliphatic heterocycles. The van der Waals surface area contributed by atoms with Crippen molar-refractivity contribution < 1.29 is 17.6 Å². The lowest BCUT2D eigenvalue weighted by atomic mass is 9.86. The van der Waals surface area contributed by atoms with E-state index in [1.807, 2.05) is 11.8 Å². The third-order valence-corrected chi connectivity index (χ3v) is 6.00. The Balaban J connectivity index is 1.37. The van der Waals surface area contributed by atoms with Crippen LogP contribution < -0.4 is 0 Å². The summed E-state index contributed by atoms with van der Waals surface area (Å²) < 4.78 is 56.8. The van der Waals surface area contributed by atoms with E-state index in [1.54, 1.807) is 46.2 Å². The van der Waals surface area contributed by atoms with E-state index in [1.165, 1.54) is 18.5 Å². The second-order valence-corrected chi connectivity index (χ2v) is 8.37. The minimum absolute atomic E-state index is 0.248. The van der Waals surface area contributed by atoms with Gasteiger partial charge in [0.15, 0.2) is 0 Å². The van der Waals surface area contributed by atoms with E-state index in [2.05, 4.69) is 15.1 Å². The third-order valence-electron chi connectivity index (χ3n) is 6.00. The smallest absolute Gasteiger partial charge is 0.339 e. The van der Waals surface area contributed by atoms with Gasteiger partial charge >= 0.3 is 6.18 Å². The predicted octanol–water partition coefficient (Wildman–Crippen LogP) is 5.17. The lowest BCUT2D eigenvalue weighted by Gasteiger charge is -2.32. The number of piperidine rings is 1. The number of imidazole rings is 1. The van der Waals surface area contributed by atoms with Gasteiger partial charge in [0.05, 0.1) is 23.3 Å². The van der Waals surface area contributed by atoms with Crippen molar-refractivity contribution in [3.63, 3.8) is 0 Å². The molecule has 10 heteroatoms. The molecule has 0 radical (unpaired) electrons. The monoisotopic (exact) mass is 470 g/mol. The van der Waals surface area contributed by atoms with Gasteiger partial charge in [0.1, 0.15) is 18.2 Å². The van der Waals surface area contributed by atoms with Crippen LogP contribution in [0.3, 0.4) is 0 Å². The Morgan fingerprint density at radius 2 is 1.94 bits per heavy atom. The van der Waals surface area contributed by atoms with E-state index in [0.717, 1.165) is 24.7 Å². The van der Waals surface area contributed by atoms with E-state index in [0.29, 0.717) is 30.3 Å². The molecule has 0 saturated carbocycles. The van der Waals surface area contributed by atoms with Crippen LogP contribution in [0.2, 0.25) is 0 Å². The molecule has 0 amide bonds. The van der Waals surface area contributed by atoms with Crippen LogP contribution in [0, 0.1) is 12.9 Å². The molecule has 3 aromatic rings. The van der Waals surface area contributed by atoms with Gasteiger partial charge in [-0.15, -0.1) is 0 Å². The maximum atomic E-state index is 14.5. The Bertz CT molecular complexity index is 1260. The molecule has 1 unspecified atom stereocenters. The van der Waals surface area contributed by atoms with Gasteiger partial charge in [-0.1, -0.05) is 18.2 Å². The number of hydrazone groups is 1. The highest BCUT2D eigenvalue weighted by Crippen LogP contribution is 2.40. The van der Waals surface area contributed by atoms with Gasteiger partial charge in [0, 0.05) is 24.9 Å². The van der Waals surface area contributed by atoms with Crippen LogP contribution in [0.4, 0.5) is 17.6 Å². The molecule has 2 aliphatic rings. The Labute approximate surface area is 193 Å². The van der Waals surface area contributed by atoms with Gasteiger partial charge < -0.3 is 9.47 Å². The van der Waals surface area contributed by atoms with Crippen molar-refractivity contribution in [3.8, 4) is 5.69 Å². The van der Waals surface area contributed by atoms with Crippen molar-refractivity contribution in [2.75, 3.05) is 13.2 Å². The van der Waals surface area contributed by atoms with Crippen molar-refractivity contribution in [2.45, 2.75) is 31.9 Å². The van der Waals surface area contributed by atoms with Crippen LogP contribution >= 0.6 is 0 Å². The van der Waals surface area contributed by atoms with Gasteiger partial charge in [-0.05, 0) is 49.6 Å². The minimum Gasteiger partial charge on any atom is -0.339 e. The lowest BCUT2D eigenvalue weighted by Crippen LogP contribution is -2.38. The second-order valence-electron chi connectivity index (χ2n) is 8.37. The molecule has 1 fully saturated rings. The van der Waals surface area contributed by atoms with E-state index in [4.69, 9.17) is 0 Å². The van der Waals surface area contributed by atoms with Gasteiger partial charge in [-0.2, -0.15) is 22.7 Å². The van der Waals surface area contributed by atoms with Crippen LogP contribution in [0.25, 0.3) is 11.8 Å². The predicted molar refractivity (Wildman–Crippen MR) is 119 cm³/mol. The number of aromatic nitrogens is 3. The quantitative estimate of drug-likeness (QED) is 0.390. The van der Waals surface area contributed by atoms with E-state index in [-0.39, 0.29) is 5.56 Å². The summed E-state index contributed by atoms with van der Waals surface area (Å²) in [4.78, 5) is 10.1. The van der Waals surface area contributed by atoms with Gasteiger partial charge in [0.25, 0.3) is 0 Å². The lowest BCUT2D eigenvalue weighted by molar-refractivity contribution is -0.138. The number of rotatable bonds is 4. The Morgan fingerprint density at radius 1 is 1.12 bits per heavy atom. The Hall–Kier alpha value is -3.69. The van der Waals surface area contributed by atoms with E-state index >= 15 is 0 Å². The van der Waals surface area contributed by atoms with Crippen LogP contribution in [0.15, 0.2) is 60.2 Å². The molecule has 1 saturated heterocycles. The first-order chi connectivity index (χ1) is 16.3. The van der Waals surface area contributed by atoms with Crippen molar-refractivity contribution in [2.24, 2.45) is 5.10 Å². The standard InChI is InChI=1S/C24H22F4N6/c1-16-13-33(14-29-16)21-9-8-17(30-22(21)25)10-12-34-15-32-11-4-6-19(23(32)31-34)18-5-2-3-7-20(18)24(26,27)28/h2-3,5,7-10,12-14,19H,4,6,11,15H2,1H3/b12-10+. The Kier molecular flexibility index (Phi) is 5.59.